The molecule has 1 saturated carbocycles. The first-order chi connectivity index (χ1) is 35.7. The van der Waals surface area contributed by atoms with E-state index in [9.17, 15) is 0 Å². The summed E-state index contributed by atoms with van der Waals surface area (Å²) in [5, 5.41) is 2.92. The summed E-state index contributed by atoms with van der Waals surface area (Å²) >= 11 is 30.0. The number of benzene rings is 5. The van der Waals surface area contributed by atoms with Crippen molar-refractivity contribution >= 4 is 86.4 Å². The number of nitrogen functional groups attached to an aromatic ring is 5. The minimum atomic E-state index is 0.246. The molecular weight excluding hydrogens is 1060 g/mol. The lowest BCUT2D eigenvalue weighted by atomic mass is 9.98. The number of rotatable bonds is 15. The molecule has 75 heavy (non-hydrogen) atoms. The molecule has 14 nitrogen and oxygen atoms in total. The van der Waals surface area contributed by atoms with Crippen LogP contribution in [-0.4, -0.2) is 133 Å². The summed E-state index contributed by atoms with van der Waals surface area (Å²) in [7, 11) is 12.3. The van der Waals surface area contributed by atoms with E-state index in [1.54, 1.807) is 60.7 Å². The molecule has 1 atom stereocenters. The predicted octanol–water partition coefficient (Wildman–Crippen LogP) is 12.1. The van der Waals surface area contributed by atoms with Crippen molar-refractivity contribution in [2.75, 3.05) is 123 Å². The van der Waals surface area contributed by atoms with E-state index in [1.807, 2.05) is 63.4 Å². The molecule has 3 fully saturated rings. The van der Waals surface area contributed by atoms with E-state index in [4.69, 9.17) is 110 Å². The monoisotopic (exact) mass is 1130 g/mol. The van der Waals surface area contributed by atoms with E-state index in [0.717, 1.165) is 95.0 Å². The average Bonchev–Trinajstić information content (AvgIpc) is 3.77. The highest BCUT2D eigenvalue weighted by Gasteiger charge is 2.22. The van der Waals surface area contributed by atoms with Gasteiger partial charge in [0.25, 0.3) is 0 Å². The number of ether oxygens (including phenoxy) is 5. The number of likely N-dealkylation sites (N-methyl/N-ethyl adjacent to an activating group) is 2. The van der Waals surface area contributed by atoms with Gasteiger partial charge in [-0.05, 0) is 185 Å². The number of hydrogen-bond acceptors (Lipinski definition) is 14. The van der Waals surface area contributed by atoms with Gasteiger partial charge in [0.05, 0.1) is 37.8 Å². The molecule has 8 rings (SSSR count). The van der Waals surface area contributed by atoms with Gasteiger partial charge in [0.1, 0.15) is 47.6 Å². The minimum absolute atomic E-state index is 0.246. The highest BCUT2D eigenvalue weighted by molar-refractivity contribution is 6.33. The molecular formula is C56H80Cl5N9O5. The van der Waals surface area contributed by atoms with E-state index in [1.165, 1.54) is 19.3 Å². The van der Waals surface area contributed by atoms with Crippen LogP contribution in [0.1, 0.15) is 57.8 Å². The number of halogens is 5. The molecule has 0 amide bonds. The fraction of sp³-hybridized carbons (Fsp3) is 0.464. The Kier molecular flexibility index (Phi) is 28.1. The molecule has 5 aromatic rings. The molecule has 1 aliphatic carbocycles. The summed E-state index contributed by atoms with van der Waals surface area (Å²) in [6.45, 7) is 7.36. The lowest BCUT2D eigenvalue weighted by molar-refractivity contribution is 0.114. The first kappa shape index (κ1) is 62.9. The quantitative estimate of drug-likeness (QED) is 0.0492. The van der Waals surface area contributed by atoms with E-state index >= 15 is 0 Å². The second kappa shape index (κ2) is 33.5. The van der Waals surface area contributed by atoms with Crippen molar-refractivity contribution in [2.24, 2.45) is 0 Å². The third-order valence-electron chi connectivity index (χ3n) is 12.0. The van der Waals surface area contributed by atoms with E-state index in [-0.39, 0.29) is 12.2 Å². The van der Waals surface area contributed by atoms with Crippen LogP contribution in [0.5, 0.6) is 28.7 Å². The van der Waals surface area contributed by atoms with Gasteiger partial charge >= 0.3 is 0 Å². The van der Waals surface area contributed by atoms with Gasteiger partial charge in [-0.3, -0.25) is 0 Å². The zero-order valence-corrected chi connectivity index (χ0v) is 48.3. The lowest BCUT2D eigenvalue weighted by Gasteiger charge is -2.29. The van der Waals surface area contributed by atoms with E-state index in [0.29, 0.717) is 84.4 Å². The standard InChI is InChI=1S/C12H17ClN2O.C12H16ClNO.C11H15ClN2O.C11H17ClN2O.C10H15ClN2O/c1-15-6-4-10(5-7-15)16-12-3-2-9(14)8-11(12)13;13-11-8-9(14)6-7-12(11)15-10-4-2-1-3-5-10;1-14-5-4-9(7-14)15-11-3-2-8(13)6-10(11)12;1-14(2)6-3-7-15-11-5-4-9(13)8-10(11)12;1-13(2)5-6-14-10-4-3-8(12)7-9(10)11/h2-3,8,10H,4-7,14H2,1H3;6-8,10H,1-5,14H2;2-3,6,9H,4-5,7,13H2,1H3;4-5,8H,3,6-7,13H2,1-2H3;3-4,7H,5-6,12H2,1-2H3. The van der Waals surface area contributed by atoms with Crippen molar-refractivity contribution < 1.29 is 23.7 Å². The molecule has 2 aliphatic heterocycles. The molecule has 0 spiro atoms. The van der Waals surface area contributed by atoms with Crippen LogP contribution in [0.3, 0.4) is 0 Å². The molecule has 414 valence electrons. The second-order valence-corrected chi connectivity index (χ2v) is 21.4. The maximum absolute atomic E-state index is 6.06. The largest absolute Gasteiger partial charge is 0.492 e. The van der Waals surface area contributed by atoms with Crippen LogP contribution >= 0.6 is 58.0 Å². The smallest absolute Gasteiger partial charge is 0.138 e. The van der Waals surface area contributed by atoms with E-state index in [2.05, 4.69) is 28.8 Å². The Hall–Kier alpha value is -4.61. The third kappa shape index (κ3) is 24.9. The number of likely N-dealkylation sites (tertiary alicyclic amines) is 2. The topological polar surface area (TPSA) is 189 Å². The Morgan fingerprint density at radius 2 is 0.760 bits per heavy atom. The van der Waals surface area contributed by atoms with Crippen LogP contribution in [-0.2, 0) is 0 Å². The molecule has 10 N–H and O–H groups in total. The Morgan fingerprint density at radius 3 is 1.12 bits per heavy atom. The Balaban J connectivity index is 0.000000203. The fourth-order valence-electron chi connectivity index (χ4n) is 7.82. The molecule has 0 radical (unpaired) electrons. The van der Waals surface area contributed by atoms with Crippen molar-refractivity contribution in [3.05, 3.63) is 116 Å². The summed E-state index contributed by atoms with van der Waals surface area (Å²) in [4.78, 5) is 8.72. The summed E-state index contributed by atoms with van der Waals surface area (Å²) in [5.74, 6) is 3.61. The Morgan fingerprint density at radius 1 is 0.427 bits per heavy atom. The number of piperidine rings is 1. The molecule has 3 aliphatic rings. The lowest BCUT2D eigenvalue weighted by Crippen LogP contribution is -2.35. The highest BCUT2D eigenvalue weighted by atomic mass is 35.5. The van der Waals surface area contributed by atoms with Gasteiger partial charge in [-0.2, -0.15) is 0 Å². The molecule has 0 bridgehead atoms. The molecule has 5 aromatic carbocycles. The second-order valence-electron chi connectivity index (χ2n) is 19.4. The van der Waals surface area contributed by atoms with Crippen LogP contribution in [0, 0.1) is 0 Å². The van der Waals surface area contributed by atoms with Crippen molar-refractivity contribution in [3.63, 3.8) is 0 Å². The summed E-state index contributed by atoms with van der Waals surface area (Å²) < 4.78 is 28.5. The van der Waals surface area contributed by atoms with Gasteiger partial charge in [-0.15, -0.1) is 0 Å². The van der Waals surface area contributed by atoms with Crippen LogP contribution in [0.25, 0.3) is 0 Å². The molecule has 2 saturated heterocycles. The maximum atomic E-state index is 6.06. The maximum Gasteiger partial charge on any atom is 0.138 e. The zero-order chi connectivity index (χ0) is 54.9. The van der Waals surface area contributed by atoms with Crippen LogP contribution in [0.2, 0.25) is 25.1 Å². The Bertz CT molecular complexity index is 2390. The molecule has 2 heterocycles. The summed E-state index contributed by atoms with van der Waals surface area (Å²) in [5.41, 5.74) is 31.3. The molecule has 1 unspecified atom stereocenters. The average molecular weight is 1140 g/mol. The summed E-state index contributed by atoms with van der Waals surface area (Å²) in [6.07, 6.45) is 11.1. The zero-order valence-electron chi connectivity index (χ0n) is 44.5. The first-order valence-electron chi connectivity index (χ1n) is 25.4. The van der Waals surface area contributed by atoms with Crippen molar-refractivity contribution in [3.8, 4) is 28.7 Å². The SMILES string of the molecule is CN(C)CCCOc1ccc(N)cc1Cl.CN(C)CCOc1ccc(N)cc1Cl.CN1CCC(Oc2ccc(N)cc2Cl)C1.CN1CCC(Oc2ccc(N)cc2Cl)CC1.Nc1ccc(OC2CCCCC2)c(Cl)c1. The first-order valence-corrected chi connectivity index (χ1v) is 27.3. The number of nitrogens with two attached hydrogens (primary N) is 5. The van der Waals surface area contributed by atoms with Gasteiger partial charge in [0.15, 0.2) is 0 Å². The van der Waals surface area contributed by atoms with Crippen LogP contribution < -0.4 is 52.4 Å². The number of hydrogen-bond donors (Lipinski definition) is 5. The van der Waals surface area contributed by atoms with Gasteiger partial charge in [-0.1, -0.05) is 64.4 Å². The van der Waals surface area contributed by atoms with Crippen molar-refractivity contribution in [1.29, 1.82) is 0 Å². The highest BCUT2D eigenvalue weighted by Crippen LogP contribution is 2.33. The van der Waals surface area contributed by atoms with Gasteiger partial charge in [0.2, 0.25) is 0 Å². The fourth-order valence-corrected chi connectivity index (χ4v) is 9.01. The van der Waals surface area contributed by atoms with Gasteiger partial charge in [0, 0.05) is 67.7 Å². The van der Waals surface area contributed by atoms with Crippen molar-refractivity contribution in [1.82, 2.24) is 19.6 Å². The van der Waals surface area contributed by atoms with Crippen LogP contribution in [0.4, 0.5) is 28.4 Å². The van der Waals surface area contributed by atoms with Gasteiger partial charge < -0.3 is 72.0 Å². The summed E-state index contributed by atoms with van der Waals surface area (Å²) in [6, 6.07) is 26.7. The molecule has 19 heteroatoms. The van der Waals surface area contributed by atoms with Crippen molar-refractivity contribution in [2.45, 2.75) is 76.1 Å². The number of anilines is 5. The van der Waals surface area contributed by atoms with Gasteiger partial charge in [-0.25, -0.2) is 0 Å². The molecule has 0 aromatic heterocycles. The van der Waals surface area contributed by atoms with E-state index < -0.39 is 0 Å². The minimum Gasteiger partial charge on any atom is -0.492 e. The Labute approximate surface area is 471 Å². The normalized spacial score (nSPS) is 16.0. The third-order valence-corrected chi connectivity index (χ3v) is 13.5. The van der Waals surface area contributed by atoms with Crippen LogP contribution in [0.15, 0.2) is 91.0 Å². The number of nitrogens with zero attached hydrogens (tertiary/aromatic N) is 4. The predicted molar refractivity (Wildman–Crippen MR) is 317 cm³/mol.